The monoisotopic (exact) mass is 1260 g/mol. The molecule has 8 aromatic carbocycles. The molecule has 498 valence electrons. The van der Waals surface area contributed by atoms with Crippen molar-refractivity contribution in [3.63, 3.8) is 0 Å². The second-order valence-electron chi connectivity index (χ2n) is 20.2. The van der Waals surface area contributed by atoms with E-state index < -0.39 is 21.7 Å². The molecule has 0 saturated carbocycles. The second-order valence-corrected chi connectivity index (χ2v) is 20.2. The normalized spacial score (nSPS) is 18.9. The fourth-order valence-electron chi connectivity index (χ4n) is 12.6. The van der Waals surface area contributed by atoms with Gasteiger partial charge >= 0.3 is 0 Å². The number of carbonyl (C=O) groups excluding carboxylic acids is 4. The Bertz CT molecular complexity index is 3540. The zero-order valence-corrected chi connectivity index (χ0v) is 59.5. The van der Waals surface area contributed by atoms with Gasteiger partial charge in [0, 0.05) is 60.6 Å². The lowest BCUT2D eigenvalue weighted by molar-refractivity contribution is -0.123. The predicted octanol–water partition coefficient (Wildman–Crippen LogP) is 18.2. The lowest BCUT2D eigenvalue weighted by Crippen LogP contribution is -2.42. The van der Waals surface area contributed by atoms with Crippen LogP contribution in [-0.4, -0.2) is 74.8 Å². The van der Waals surface area contributed by atoms with Crippen molar-refractivity contribution >= 4 is 46.4 Å². The lowest BCUT2D eigenvalue weighted by atomic mass is 9.72. The number of aryl methyl sites for hydroxylation is 1. The first kappa shape index (κ1) is 78.2. The molecule has 6 heterocycles. The summed E-state index contributed by atoms with van der Waals surface area (Å²) < 4.78 is 11.5. The zero-order chi connectivity index (χ0) is 69.9. The van der Waals surface area contributed by atoms with Crippen LogP contribution in [0, 0.1) is 6.92 Å². The predicted molar refractivity (Wildman–Crippen MR) is 389 cm³/mol. The molecule has 0 aromatic heterocycles. The minimum atomic E-state index is -1.23. The van der Waals surface area contributed by atoms with Gasteiger partial charge in [0.05, 0.1) is 6.61 Å². The van der Waals surface area contributed by atoms with Gasteiger partial charge in [0.2, 0.25) is 23.6 Å². The van der Waals surface area contributed by atoms with Gasteiger partial charge in [-0.1, -0.05) is 269 Å². The average Bonchev–Trinajstić information content (AvgIpc) is 1.58. The Morgan fingerprint density at radius 2 is 0.720 bits per heavy atom. The number of aliphatic hydroxyl groups is 1. The standard InChI is InChI=1S/C18H19NO.C16H15NO3.C16H13NO2.C15H11NO2.8C2H6/c1-4-18(14-10-6-5-9-13(14)2)15-11-7-8-12-16(15)19(3)17(18)20;1-17-13-8-4-2-6-11(13)16(10-18,15(17)20)12-7-3-5-9-14(12)19;1-17-13-8-4-2-6-11(13)16(15(17)18)10-19-14-9-5-3-7-12(14)16;17-14-15(10-5-1-3-7-12(10)16-14)9-18-13-8-4-2-6-11(13)15;8*1-2/h5-12H,4H2,1-3H3;2-9,18-19H,10H2,1H3;2-9H,10H2,1H3;1-8H,9H2,(H,16,17);8*1-2H3/t18-;2*16-;15-;;;;;;;;/m1000......../s1. The Kier molecular flexibility index (Phi) is 31.0. The number of fused-ring (bicyclic) bond motifs is 10. The molecule has 0 saturated heterocycles. The first-order valence-electron chi connectivity index (χ1n) is 33.8. The highest BCUT2D eigenvalue weighted by Gasteiger charge is 2.57. The van der Waals surface area contributed by atoms with Gasteiger partial charge in [-0.3, -0.25) is 19.2 Å². The van der Waals surface area contributed by atoms with Crippen molar-refractivity contribution in [1.29, 1.82) is 0 Å². The maximum absolute atomic E-state index is 13.0. The zero-order valence-electron chi connectivity index (χ0n) is 59.5. The molecule has 4 amide bonds. The molecule has 3 N–H and O–H groups in total. The highest BCUT2D eigenvalue weighted by atomic mass is 16.5. The molecular formula is C81H106N4O8. The fraction of sp³-hybridized carbons (Fsp3) is 0.358. The summed E-state index contributed by atoms with van der Waals surface area (Å²) >= 11 is 0. The van der Waals surface area contributed by atoms with Crippen LogP contribution in [0.2, 0.25) is 0 Å². The van der Waals surface area contributed by atoms with E-state index in [4.69, 9.17) is 9.47 Å². The van der Waals surface area contributed by atoms with E-state index in [1.165, 1.54) is 16.5 Å². The van der Waals surface area contributed by atoms with Crippen LogP contribution >= 0.6 is 0 Å². The van der Waals surface area contributed by atoms with Gasteiger partial charge in [0.1, 0.15) is 52.1 Å². The highest BCUT2D eigenvalue weighted by Crippen LogP contribution is 2.53. The van der Waals surface area contributed by atoms with E-state index in [9.17, 15) is 29.4 Å². The molecule has 0 radical (unpaired) electrons. The number of likely N-dealkylation sites (N-methyl/N-ethyl adjacent to an activating group) is 3. The Hall–Kier alpha value is -9.00. The number of benzene rings is 8. The molecule has 6 aliphatic rings. The van der Waals surface area contributed by atoms with Crippen LogP contribution in [0.4, 0.5) is 22.7 Å². The molecule has 0 unspecified atom stereocenters. The Morgan fingerprint density at radius 3 is 1.18 bits per heavy atom. The molecule has 4 atom stereocenters. The van der Waals surface area contributed by atoms with Crippen molar-refractivity contribution in [2.24, 2.45) is 0 Å². The number of phenols is 1. The van der Waals surface area contributed by atoms with Crippen molar-refractivity contribution in [2.75, 3.05) is 61.0 Å². The van der Waals surface area contributed by atoms with Gasteiger partial charge < -0.3 is 39.7 Å². The number of aromatic hydroxyl groups is 1. The summed E-state index contributed by atoms with van der Waals surface area (Å²) in [6.07, 6.45) is 0.776. The minimum Gasteiger partial charge on any atom is -0.508 e. The number of hydrogen-bond donors (Lipinski definition) is 3. The van der Waals surface area contributed by atoms with E-state index in [2.05, 4.69) is 37.4 Å². The second kappa shape index (κ2) is 36.9. The topological polar surface area (TPSA) is 149 Å². The van der Waals surface area contributed by atoms with Crippen LogP contribution in [0.25, 0.3) is 0 Å². The Morgan fingerprint density at radius 1 is 0.387 bits per heavy atom. The van der Waals surface area contributed by atoms with Gasteiger partial charge in [-0.25, -0.2) is 0 Å². The summed E-state index contributed by atoms with van der Waals surface area (Å²) in [7, 11) is 5.38. The number of ether oxygens (including phenoxy) is 2. The van der Waals surface area contributed by atoms with Gasteiger partial charge in [-0.2, -0.15) is 0 Å². The van der Waals surface area contributed by atoms with Crippen molar-refractivity contribution in [3.05, 3.63) is 244 Å². The van der Waals surface area contributed by atoms with Crippen molar-refractivity contribution < 1.29 is 38.9 Å². The van der Waals surface area contributed by atoms with Crippen LogP contribution < -0.4 is 29.5 Å². The Labute approximate surface area is 557 Å². The van der Waals surface area contributed by atoms with E-state index in [0.717, 1.165) is 79.6 Å². The molecule has 14 rings (SSSR count). The third-order valence-electron chi connectivity index (χ3n) is 16.5. The van der Waals surface area contributed by atoms with Crippen molar-refractivity contribution in [2.45, 2.75) is 153 Å². The number of para-hydroxylation sites is 7. The molecule has 2 spiro atoms. The summed E-state index contributed by atoms with van der Waals surface area (Å²) in [4.78, 5) is 56.0. The first-order chi connectivity index (χ1) is 45.3. The van der Waals surface area contributed by atoms with Crippen molar-refractivity contribution in [1.82, 2.24) is 0 Å². The number of nitrogens with zero attached hydrogens (tertiary/aromatic N) is 3. The van der Waals surface area contributed by atoms with Crippen molar-refractivity contribution in [3.8, 4) is 17.2 Å². The number of amides is 4. The van der Waals surface area contributed by atoms with Gasteiger partial charge in [0.25, 0.3) is 0 Å². The molecule has 8 aromatic rings. The van der Waals surface area contributed by atoms with Gasteiger partial charge in [-0.15, -0.1) is 0 Å². The number of carbonyl (C=O) groups is 4. The summed E-state index contributed by atoms with van der Waals surface area (Å²) in [5.41, 5.74) is 9.19. The largest absolute Gasteiger partial charge is 0.508 e. The molecule has 0 aliphatic carbocycles. The Balaban J connectivity index is 0.000000301. The molecule has 12 nitrogen and oxygen atoms in total. The lowest BCUT2D eigenvalue weighted by Gasteiger charge is -2.29. The first-order valence-corrected chi connectivity index (χ1v) is 33.8. The molecule has 6 aliphatic heterocycles. The number of aliphatic hydroxyl groups excluding tert-OH is 1. The van der Waals surface area contributed by atoms with E-state index in [1.54, 1.807) is 35.0 Å². The SMILES string of the molecule is CC.CC.CC.CC.CC.CC.CC.CC.CC[C@]1(c2ccccc2C)C(=O)N(C)c2ccccc21.CN1C(=O)[C@@]2(COc3ccccc32)c2ccccc21.CN1C(=O)[C@](CO)(c2ccccc2O)c2ccccc21.O=C1Nc2ccccc2[C@]12COc1ccccc12. The van der Waals surface area contributed by atoms with Crippen LogP contribution in [0.15, 0.2) is 194 Å². The molecular weight excluding hydrogens is 1160 g/mol. The van der Waals surface area contributed by atoms with E-state index >= 15 is 0 Å². The van der Waals surface area contributed by atoms with Crippen LogP contribution in [0.5, 0.6) is 17.2 Å². The number of anilines is 4. The molecule has 0 fully saturated rings. The molecule has 0 bridgehead atoms. The smallest absolute Gasteiger partial charge is 0.245 e. The summed E-state index contributed by atoms with van der Waals surface area (Å²) in [5, 5.41) is 23.0. The molecule has 12 heteroatoms. The van der Waals surface area contributed by atoms with Crippen LogP contribution in [-0.2, 0) is 40.8 Å². The fourth-order valence-corrected chi connectivity index (χ4v) is 12.6. The highest BCUT2D eigenvalue weighted by molar-refractivity contribution is 6.13. The summed E-state index contributed by atoms with van der Waals surface area (Å²) in [6, 6.07) is 61.7. The average molecular weight is 1260 g/mol. The summed E-state index contributed by atoms with van der Waals surface area (Å²) in [6.45, 7) is 36.6. The number of hydrogen-bond acceptors (Lipinski definition) is 8. The number of phenolic OH excluding ortho intramolecular Hbond substituents is 1. The van der Waals surface area contributed by atoms with Gasteiger partial charge in [-0.05, 0) is 89.2 Å². The quantitative estimate of drug-likeness (QED) is 0.158. The number of nitrogens with one attached hydrogen (secondary N) is 1. The van der Waals surface area contributed by atoms with Gasteiger partial charge in [0.15, 0.2) is 0 Å². The van der Waals surface area contributed by atoms with E-state index in [1.807, 2.05) is 277 Å². The van der Waals surface area contributed by atoms with Crippen LogP contribution in [0.1, 0.15) is 174 Å². The maximum atomic E-state index is 13.0. The third kappa shape index (κ3) is 14.0. The van der Waals surface area contributed by atoms with E-state index in [0.29, 0.717) is 18.8 Å². The number of rotatable bonds is 4. The maximum Gasteiger partial charge on any atom is 0.245 e. The van der Waals surface area contributed by atoms with E-state index in [-0.39, 0.29) is 36.0 Å². The van der Waals surface area contributed by atoms with Crippen LogP contribution in [0.3, 0.4) is 0 Å². The summed E-state index contributed by atoms with van der Waals surface area (Å²) in [5.74, 6) is 1.69. The third-order valence-corrected chi connectivity index (χ3v) is 16.5. The minimum absolute atomic E-state index is 0.00801. The molecule has 93 heavy (non-hydrogen) atoms.